The average Bonchev–Trinajstić information content (AvgIpc) is 3.20. The highest BCUT2D eigenvalue weighted by Crippen LogP contribution is 2.21. The van der Waals surface area contributed by atoms with Crippen LogP contribution in [0.15, 0.2) is 52.7 Å². The monoisotopic (exact) mass is 323 g/mol. The summed E-state index contributed by atoms with van der Waals surface area (Å²) < 4.78 is 12.5. The lowest BCUT2D eigenvalue weighted by Gasteiger charge is -2.15. The van der Waals surface area contributed by atoms with Crippen LogP contribution in [-0.2, 0) is 4.79 Å². The number of nitrogens with one attached hydrogen (secondary N) is 1. The van der Waals surface area contributed by atoms with Crippen molar-refractivity contribution < 1.29 is 9.18 Å². The van der Waals surface area contributed by atoms with Crippen molar-refractivity contribution >= 4 is 17.4 Å². The first kappa shape index (κ1) is 16.0. The highest BCUT2D eigenvalue weighted by molar-refractivity contribution is 6.05. The molecule has 1 amide bonds. The van der Waals surface area contributed by atoms with E-state index in [4.69, 9.17) is 0 Å². The summed E-state index contributed by atoms with van der Waals surface area (Å²) in [4.78, 5) is 17.6. The molecule has 0 spiro atoms. The first-order chi connectivity index (χ1) is 11.7. The zero-order chi connectivity index (χ0) is 16.9. The molecule has 1 fully saturated rings. The quantitative estimate of drug-likeness (QED) is 0.850. The van der Waals surface area contributed by atoms with E-state index in [9.17, 15) is 9.18 Å². The Hall–Kier alpha value is -2.87. The molecule has 1 aromatic carbocycles. The van der Waals surface area contributed by atoms with E-state index in [1.54, 1.807) is 18.0 Å². The Morgan fingerprint density at radius 3 is 2.75 bits per heavy atom. The van der Waals surface area contributed by atoms with Crippen molar-refractivity contribution in [1.82, 2.24) is 5.32 Å². The van der Waals surface area contributed by atoms with E-state index >= 15 is 0 Å². The van der Waals surface area contributed by atoms with Gasteiger partial charge in [0, 0.05) is 36.8 Å². The van der Waals surface area contributed by atoms with Crippen LogP contribution in [0.4, 0.5) is 10.1 Å². The molecule has 4 nitrogen and oxygen atoms in total. The number of rotatable bonds is 2. The number of hydrogen-bond donors (Lipinski definition) is 1. The Labute approximate surface area is 140 Å². The van der Waals surface area contributed by atoms with Gasteiger partial charge in [-0.3, -0.25) is 9.79 Å². The normalized spacial score (nSPS) is 20.2. The number of halogens is 1. The van der Waals surface area contributed by atoms with Crippen LogP contribution < -0.4 is 10.2 Å². The molecule has 2 aliphatic heterocycles. The van der Waals surface area contributed by atoms with Gasteiger partial charge in [0.25, 0.3) is 0 Å². The van der Waals surface area contributed by atoms with Gasteiger partial charge in [0.1, 0.15) is 12.5 Å². The lowest BCUT2D eigenvalue weighted by Crippen LogP contribution is -2.23. The third-order valence-corrected chi connectivity index (χ3v) is 3.94. The number of nitrogens with zero attached hydrogens (tertiary/aromatic N) is 2. The molecule has 2 aliphatic rings. The van der Waals surface area contributed by atoms with Crippen molar-refractivity contribution in [3.63, 3.8) is 0 Å². The first-order valence-electron chi connectivity index (χ1n) is 7.85. The molecule has 0 unspecified atom stereocenters. The second kappa shape index (κ2) is 7.14. The third-order valence-electron chi connectivity index (χ3n) is 3.94. The average molecular weight is 323 g/mol. The maximum Gasteiger partial charge on any atom is 0.227 e. The van der Waals surface area contributed by atoms with E-state index in [1.807, 2.05) is 24.3 Å². The van der Waals surface area contributed by atoms with E-state index in [-0.39, 0.29) is 5.91 Å². The second-order valence-electron chi connectivity index (χ2n) is 5.51. The molecular formula is C19H18FN3O. The molecular weight excluding hydrogens is 305 g/mol. The van der Waals surface area contributed by atoms with Gasteiger partial charge in [0.05, 0.1) is 5.70 Å². The maximum atomic E-state index is 12.5. The van der Waals surface area contributed by atoms with E-state index in [0.29, 0.717) is 23.5 Å². The van der Waals surface area contributed by atoms with Crippen LogP contribution in [0.25, 0.3) is 0 Å². The summed E-state index contributed by atoms with van der Waals surface area (Å²) in [7, 11) is 1.65. The van der Waals surface area contributed by atoms with Crippen molar-refractivity contribution in [2.24, 2.45) is 4.99 Å². The van der Waals surface area contributed by atoms with Gasteiger partial charge in [0.15, 0.2) is 0 Å². The lowest BCUT2D eigenvalue weighted by atomic mass is 10.2. The maximum absolute atomic E-state index is 12.5. The molecule has 0 saturated carbocycles. The molecule has 1 aromatic rings. The molecule has 122 valence electrons. The third kappa shape index (κ3) is 3.38. The predicted molar refractivity (Wildman–Crippen MR) is 93.5 cm³/mol. The Balaban J connectivity index is 1.74. The van der Waals surface area contributed by atoms with Crippen LogP contribution in [0.5, 0.6) is 0 Å². The number of alkyl halides is 1. The van der Waals surface area contributed by atoms with Gasteiger partial charge in [0.2, 0.25) is 5.91 Å². The van der Waals surface area contributed by atoms with E-state index < -0.39 is 6.67 Å². The van der Waals surface area contributed by atoms with Crippen LogP contribution in [0, 0.1) is 11.8 Å². The SMILES string of the molecule is C/N=C1/NC(C#Cc2ccc(N3CCCC3=O)cc2)=C/C1=C/CF. The summed E-state index contributed by atoms with van der Waals surface area (Å²) in [6.07, 6.45) is 4.78. The fourth-order valence-electron chi connectivity index (χ4n) is 2.74. The van der Waals surface area contributed by atoms with Crippen molar-refractivity contribution in [3.8, 4) is 11.8 Å². The number of aliphatic imine (C=N–C) groups is 1. The number of carbonyl (C=O) groups is 1. The van der Waals surface area contributed by atoms with Crippen molar-refractivity contribution in [2.45, 2.75) is 12.8 Å². The highest BCUT2D eigenvalue weighted by Gasteiger charge is 2.21. The molecule has 0 bridgehead atoms. The molecule has 24 heavy (non-hydrogen) atoms. The summed E-state index contributed by atoms with van der Waals surface area (Å²) in [5.74, 6) is 6.89. The van der Waals surface area contributed by atoms with Crippen LogP contribution in [0.2, 0.25) is 0 Å². The summed E-state index contributed by atoms with van der Waals surface area (Å²) in [5.41, 5.74) is 3.17. The van der Waals surface area contributed by atoms with Crippen LogP contribution in [0.3, 0.4) is 0 Å². The molecule has 5 heteroatoms. The summed E-state index contributed by atoms with van der Waals surface area (Å²) >= 11 is 0. The fraction of sp³-hybridized carbons (Fsp3) is 0.263. The van der Waals surface area contributed by atoms with Gasteiger partial charge in [-0.05, 0) is 48.8 Å². The van der Waals surface area contributed by atoms with Gasteiger partial charge in [-0.2, -0.15) is 0 Å². The molecule has 0 aliphatic carbocycles. The Kier molecular flexibility index (Phi) is 4.76. The van der Waals surface area contributed by atoms with Gasteiger partial charge in [-0.1, -0.05) is 5.92 Å². The van der Waals surface area contributed by atoms with Gasteiger partial charge < -0.3 is 10.2 Å². The Morgan fingerprint density at radius 1 is 1.33 bits per heavy atom. The fourth-order valence-corrected chi connectivity index (χ4v) is 2.74. The topological polar surface area (TPSA) is 44.7 Å². The molecule has 1 N–H and O–H groups in total. The Morgan fingerprint density at radius 2 is 2.12 bits per heavy atom. The zero-order valence-corrected chi connectivity index (χ0v) is 13.5. The zero-order valence-electron chi connectivity index (χ0n) is 13.5. The highest BCUT2D eigenvalue weighted by atomic mass is 19.1. The molecule has 0 aromatic heterocycles. The van der Waals surface area contributed by atoms with Crippen LogP contribution in [0.1, 0.15) is 18.4 Å². The van der Waals surface area contributed by atoms with E-state index in [1.165, 1.54) is 6.08 Å². The largest absolute Gasteiger partial charge is 0.333 e. The number of benzene rings is 1. The molecule has 2 heterocycles. The molecule has 0 radical (unpaired) electrons. The van der Waals surface area contributed by atoms with Crippen molar-refractivity contribution in [2.75, 3.05) is 25.2 Å². The number of allylic oxidation sites excluding steroid dienone is 2. The number of hydrogen-bond acceptors (Lipinski definition) is 2. The first-order valence-corrected chi connectivity index (χ1v) is 7.85. The number of anilines is 1. The second-order valence-corrected chi connectivity index (χ2v) is 5.51. The minimum atomic E-state index is -0.538. The van der Waals surface area contributed by atoms with E-state index in [0.717, 1.165) is 24.2 Å². The molecule has 1 saturated heterocycles. The van der Waals surface area contributed by atoms with E-state index in [2.05, 4.69) is 22.2 Å². The van der Waals surface area contributed by atoms with Crippen LogP contribution in [-0.4, -0.2) is 32.0 Å². The molecule has 0 atom stereocenters. The van der Waals surface area contributed by atoms with Crippen molar-refractivity contribution in [3.05, 3.63) is 53.3 Å². The minimum Gasteiger partial charge on any atom is -0.333 e. The summed E-state index contributed by atoms with van der Waals surface area (Å²) in [6, 6.07) is 7.63. The lowest BCUT2D eigenvalue weighted by molar-refractivity contribution is -0.117. The smallest absolute Gasteiger partial charge is 0.227 e. The van der Waals surface area contributed by atoms with Crippen LogP contribution >= 0.6 is 0 Å². The number of amidine groups is 1. The summed E-state index contributed by atoms with van der Waals surface area (Å²) in [6.45, 7) is 0.243. The van der Waals surface area contributed by atoms with Gasteiger partial charge in [-0.15, -0.1) is 0 Å². The van der Waals surface area contributed by atoms with Gasteiger partial charge in [-0.25, -0.2) is 4.39 Å². The van der Waals surface area contributed by atoms with Gasteiger partial charge >= 0.3 is 0 Å². The minimum absolute atomic E-state index is 0.174. The Bertz CT molecular complexity index is 794. The standard InChI is InChI=1S/C19H18FN3O/c1-21-19-15(10-11-20)13-16(22-19)7-4-14-5-8-17(9-6-14)23-12-2-3-18(23)24/h5-6,8-10,13H,2-3,11-12H2,1H3,(H,21,22)/b15-10-. The summed E-state index contributed by atoms with van der Waals surface area (Å²) in [5, 5.41) is 3.06. The van der Waals surface area contributed by atoms with Crippen molar-refractivity contribution in [1.29, 1.82) is 0 Å². The molecule has 3 rings (SSSR count). The number of carbonyl (C=O) groups excluding carboxylic acids is 1. The number of amides is 1. The predicted octanol–water partition coefficient (Wildman–Crippen LogP) is 2.58.